The maximum atomic E-state index is 15.2. The molecule has 0 radical (unpaired) electrons. The number of halogens is 2. The number of aromatic nitrogens is 4. The Balaban J connectivity index is 1.22. The minimum atomic E-state index is -3.13. The van der Waals surface area contributed by atoms with Crippen molar-refractivity contribution < 1.29 is 31.4 Å². The van der Waals surface area contributed by atoms with Crippen LogP contribution in [-0.2, 0) is 19.3 Å². The molecular weight excluding hydrogens is 606 g/mol. The molecule has 5 atom stereocenters. The van der Waals surface area contributed by atoms with Crippen molar-refractivity contribution in [3.63, 3.8) is 0 Å². The molecule has 2 fully saturated rings. The van der Waals surface area contributed by atoms with Crippen LogP contribution < -0.4 is 15.8 Å². The molecule has 14 heteroatoms. The first-order valence-corrected chi connectivity index (χ1v) is 17.0. The first-order chi connectivity index (χ1) is 21.6. The molecule has 3 N–H and O–H groups in total. The van der Waals surface area contributed by atoms with Crippen molar-refractivity contribution in [3.05, 3.63) is 66.1 Å². The zero-order valence-electron chi connectivity index (χ0n) is 25.0. The molecule has 0 spiro atoms. The second kappa shape index (κ2) is 12.9. The van der Waals surface area contributed by atoms with Crippen LogP contribution in [0.15, 0.2) is 48.9 Å². The maximum Gasteiger partial charge on any atom is 0.229 e. The Morgan fingerprint density at radius 3 is 2.67 bits per heavy atom. The van der Waals surface area contributed by atoms with Crippen LogP contribution in [0.2, 0.25) is 0 Å². The van der Waals surface area contributed by atoms with Crippen LogP contribution >= 0.6 is 0 Å². The highest BCUT2D eigenvalue weighted by Crippen LogP contribution is 2.40. The zero-order chi connectivity index (χ0) is 31.7. The number of anilines is 2. The highest BCUT2D eigenvalue weighted by molar-refractivity contribution is 7.90. The number of benzene rings is 1. The van der Waals surface area contributed by atoms with Crippen LogP contribution in [-0.4, -0.2) is 78.1 Å². The molecule has 6 rings (SSSR count). The van der Waals surface area contributed by atoms with E-state index in [1.54, 1.807) is 30.7 Å². The van der Waals surface area contributed by atoms with E-state index in [9.17, 15) is 8.42 Å². The Kier molecular flexibility index (Phi) is 9.00. The number of hydrogen-bond acceptors (Lipinski definition) is 10. The highest BCUT2D eigenvalue weighted by Gasteiger charge is 2.36. The summed E-state index contributed by atoms with van der Waals surface area (Å²) in [5.74, 6) is -1.02. The molecular formula is C31H36F2N6O5S. The van der Waals surface area contributed by atoms with Crippen LogP contribution in [0, 0.1) is 17.6 Å². The second-order valence-corrected chi connectivity index (χ2v) is 14.1. The fourth-order valence-corrected chi connectivity index (χ4v) is 6.59. The van der Waals surface area contributed by atoms with Gasteiger partial charge in [0.1, 0.15) is 33.3 Å². The zero-order valence-corrected chi connectivity index (χ0v) is 25.8. The predicted molar refractivity (Wildman–Crippen MR) is 164 cm³/mol. The van der Waals surface area contributed by atoms with Crippen molar-refractivity contribution in [2.24, 2.45) is 11.7 Å². The minimum absolute atomic E-state index is 0.0475. The molecule has 1 aliphatic carbocycles. The second-order valence-electron chi connectivity index (χ2n) is 11.9. The van der Waals surface area contributed by atoms with Crippen molar-refractivity contribution in [2.75, 3.05) is 37.1 Å². The molecule has 2 aliphatic rings. The number of nitrogens with two attached hydrogens (primary N) is 1. The average molecular weight is 643 g/mol. The monoisotopic (exact) mass is 642 g/mol. The van der Waals surface area contributed by atoms with Gasteiger partial charge in [-0.3, -0.25) is 4.98 Å². The molecule has 4 aromatic rings. The third-order valence-electron chi connectivity index (χ3n) is 8.35. The first-order valence-electron chi connectivity index (χ1n) is 14.9. The van der Waals surface area contributed by atoms with Gasteiger partial charge in [0.05, 0.1) is 66.5 Å². The molecule has 4 heterocycles. The Bertz CT molecular complexity index is 1750. The number of hydrogen-bond donors (Lipinski definition) is 2. The minimum Gasteiger partial charge on any atom is -0.488 e. The van der Waals surface area contributed by atoms with E-state index in [1.165, 1.54) is 10.8 Å². The molecule has 5 unspecified atom stereocenters. The summed E-state index contributed by atoms with van der Waals surface area (Å²) in [5, 5.41) is 7.84. The standard InChI is InChI=1S/C31H36F2N6O5S/c1-18-11-19(12-26(34)30(18)43-9-10-45(2,40)41)23-5-7-35-16-28(23)37-31-36-15-20-3-4-27(38-39(20)31)29-24(32)13-22(14-25(29)33)44-21-6-8-42-17-21/h3-5,7,13-16,18-19,21,26,30H,6,8-12,17,34H2,1-2H3,(H,36,37). The predicted octanol–water partition coefficient (Wildman–Crippen LogP) is 4.25. The van der Waals surface area contributed by atoms with Crippen LogP contribution in [0.5, 0.6) is 5.75 Å². The molecule has 1 aromatic carbocycles. The van der Waals surface area contributed by atoms with Gasteiger partial charge in [0, 0.05) is 37.0 Å². The van der Waals surface area contributed by atoms with Crippen LogP contribution in [0.25, 0.3) is 16.8 Å². The van der Waals surface area contributed by atoms with Gasteiger partial charge in [0.15, 0.2) is 0 Å². The molecule has 1 aliphatic heterocycles. The largest absolute Gasteiger partial charge is 0.488 e. The Hall–Kier alpha value is -3.72. The van der Waals surface area contributed by atoms with Crippen LogP contribution in [0.1, 0.15) is 37.7 Å². The third-order valence-corrected chi connectivity index (χ3v) is 9.26. The van der Waals surface area contributed by atoms with Gasteiger partial charge in [0.2, 0.25) is 5.95 Å². The molecule has 0 bridgehead atoms. The number of fused-ring (bicyclic) bond motifs is 1. The van der Waals surface area contributed by atoms with Crippen molar-refractivity contribution in [2.45, 2.75) is 50.4 Å². The van der Waals surface area contributed by atoms with E-state index in [-0.39, 0.29) is 59.5 Å². The van der Waals surface area contributed by atoms with Gasteiger partial charge in [-0.05, 0) is 48.4 Å². The summed E-state index contributed by atoms with van der Waals surface area (Å²) < 4.78 is 71.9. The van der Waals surface area contributed by atoms with Crippen molar-refractivity contribution in [3.8, 4) is 17.0 Å². The van der Waals surface area contributed by atoms with E-state index in [0.29, 0.717) is 43.2 Å². The molecule has 1 saturated heterocycles. The Labute approximate surface area is 260 Å². The number of imidazole rings is 1. The third kappa shape index (κ3) is 7.08. The van der Waals surface area contributed by atoms with E-state index in [2.05, 4.69) is 27.3 Å². The lowest BCUT2D eigenvalue weighted by Gasteiger charge is -2.39. The Morgan fingerprint density at radius 1 is 1.16 bits per heavy atom. The normalized spacial score (nSPS) is 23.8. The van der Waals surface area contributed by atoms with Gasteiger partial charge in [-0.15, -0.1) is 0 Å². The Morgan fingerprint density at radius 2 is 1.96 bits per heavy atom. The van der Waals surface area contributed by atoms with Gasteiger partial charge in [0.25, 0.3) is 0 Å². The number of nitrogens with zero attached hydrogens (tertiary/aromatic N) is 4. The molecule has 45 heavy (non-hydrogen) atoms. The van der Waals surface area contributed by atoms with E-state index < -0.39 is 21.5 Å². The van der Waals surface area contributed by atoms with Gasteiger partial charge in [-0.25, -0.2) is 22.2 Å². The maximum absolute atomic E-state index is 15.2. The lowest BCUT2D eigenvalue weighted by molar-refractivity contribution is -0.0152. The number of pyridine rings is 1. The number of sulfone groups is 1. The summed E-state index contributed by atoms with van der Waals surface area (Å²) in [7, 11) is -3.13. The topological polar surface area (TPSA) is 143 Å². The van der Waals surface area contributed by atoms with Crippen molar-refractivity contribution in [1.29, 1.82) is 0 Å². The molecule has 3 aromatic heterocycles. The van der Waals surface area contributed by atoms with Crippen LogP contribution in [0.4, 0.5) is 20.4 Å². The lowest BCUT2D eigenvalue weighted by atomic mass is 9.74. The van der Waals surface area contributed by atoms with Gasteiger partial charge < -0.3 is 25.3 Å². The van der Waals surface area contributed by atoms with Crippen molar-refractivity contribution >= 4 is 27.0 Å². The SMILES string of the molecule is CC1CC(c2ccncc2Nc2ncc3ccc(-c4c(F)cc(OC5CCOC5)cc4F)nn23)CC(N)C1OCCS(C)(=O)=O. The molecule has 11 nitrogen and oxygen atoms in total. The molecule has 1 saturated carbocycles. The van der Waals surface area contributed by atoms with E-state index in [1.807, 2.05) is 6.07 Å². The quantitative estimate of drug-likeness (QED) is 0.258. The fourth-order valence-electron chi connectivity index (χ4n) is 6.19. The number of nitrogens with one attached hydrogen (secondary N) is 1. The highest BCUT2D eigenvalue weighted by atomic mass is 32.2. The van der Waals surface area contributed by atoms with Crippen LogP contribution in [0.3, 0.4) is 0 Å². The van der Waals surface area contributed by atoms with Crippen molar-refractivity contribution in [1.82, 2.24) is 19.6 Å². The molecule has 240 valence electrons. The van der Waals surface area contributed by atoms with E-state index in [4.69, 9.17) is 19.9 Å². The van der Waals surface area contributed by atoms with Gasteiger partial charge in [-0.2, -0.15) is 9.61 Å². The van der Waals surface area contributed by atoms with Gasteiger partial charge >= 0.3 is 0 Å². The van der Waals surface area contributed by atoms with Gasteiger partial charge in [-0.1, -0.05) is 6.92 Å². The molecule has 0 amide bonds. The first kappa shape index (κ1) is 31.3. The number of ether oxygens (including phenoxy) is 3. The van der Waals surface area contributed by atoms with E-state index in [0.717, 1.165) is 24.1 Å². The summed E-state index contributed by atoms with van der Waals surface area (Å²) in [5.41, 5.74) is 8.67. The van der Waals surface area contributed by atoms with E-state index >= 15 is 8.78 Å². The smallest absolute Gasteiger partial charge is 0.229 e. The summed E-state index contributed by atoms with van der Waals surface area (Å²) in [6, 6.07) is 7.20. The summed E-state index contributed by atoms with van der Waals surface area (Å²) >= 11 is 0. The summed E-state index contributed by atoms with van der Waals surface area (Å²) in [6.45, 7) is 3.10. The lowest BCUT2D eigenvalue weighted by Crippen LogP contribution is -2.47. The fraction of sp³-hybridized carbons (Fsp3) is 0.452. The summed E-state index contributed by atoms with van der Waals surface area (Å²) in [6.07, 6.45) is 7.77. The number of rotatable bonds is 10. The summed E-state index contributed by atoms with van der Waals surface area (Å²) in [4.78, 5) is 8.77. The average Bonchev–Trinajstić information content (AvgIpc) is 3.64.